The average Bonchev–Trinajstić information content (AvgIpc) is 3.03. The van der Waals surface area contributed by atoms with Crippen molar-refractivity contribution in [3.63, 3.8) is 0 Å². The van der Waals surface area contributed by atoms with E-state index < -0.39 is 0 Å². The van der Waals surface area contributed by atoms with Gasteiger partial charge in [-0.05, 0) is 57.1 Å². The highest BCUT2D eigenvalue weighted by Gasteiger charge is 2.25. The van der Waals surface area contributed by atoms with Crippen LogP contribution in [0.1, 0.15) is 34.1 Å². The zero-order valence-corrected chi connectivity index (χ0v) is 17.4. The first-order valence-corrected chi connectivity index (χ1v) is 9.40. The zero-order valence-electron chi connectivity index (χ0n) is 17.4. The first kappa shape index (κ1) is 20.0. The normalized spacial score (nSPS) is 12.4. The largest absolute Gasteiger partial charge is 0.493 e. The molecule has 0 bridgehead atoms. The van der Waals surface area contributed by atoms with Crippen LogP contribution in [-0.2, 0) is 6.54 Å². The Balaban J connectivity index is 1.85. The van der Waals surface area contributed by atoms with Gasteiger partial charge in [0.05, 0.1) is 20.3 Å². The molecule has 28 heavy (non-hydrogen) atoms. The maximum atomic E-state index is 13.3. The quantitative estimate of drug-likeness (QED) is 0.613. The summed E-state index contributed by atoms with van der Waals surface area (Å²) < 4.78 is 10.8. The van der Waals surface area contributed by atoms with Gasteiger partial charge in [-0.2, -0.15) is 0 Å². The Bertz CT molecular complexity index is 1010. The van der Waals surface area contributed by atoms with Crippen LogP contribution in [0.2, 0.25) is 0 Å². The fraction of sp³-hybridized carbons (Fsp3) is 0.348. The van der Waals surface area contributed by atoms with Crippen molar-refractivity contribution >= 4 is 16.7 Å². The zero-order chi connectivity index (χ0) is 20.4. The van der Waals surface area contributed by atoms with Crippen molar-refractivity contribution in [2.45, 2.75) is 33.4 Å². The number of likely N-dealkylation sites (N-methyl/N-ethyl adjacent to an activating group) is 1. The number of nitrogens with one attached hydrogen (secondary N) is 1. The molecule has 0 amide bonds. The van der Waals surface area contributed by atoms with E-state index in [1.165, 1.54) is 0 Å². The lowest BCUT2D eigenvalue weighted by atomic mass is 10.00. The number of hydrogen-bond acceptors (Lipinski definition) is 4. The molecule has 1 atom stereocenters. The Morgan fingerprint density at radius 1 is 1.11 bits per heavy atom. The van der Waals surface area contributed by atoms with E-state index in [4.69, 9.17) is 9.47 Å². The summed E-state index contributed by atoms with van der Waals surface area (Å²) in [5, 5.41) is 0.979. The molecule has 148 valence electrons. The number of nitrogens with zero attached hydrogens (tertiary/aromatic N) is 1. The van der Waals surface area contributed by atoms with E-state index in [0.717, 1.165) is 33.3 Å². The van der Waals surface area contributed by atoms with Gasteiger partial charge in [-0.15, -0.1) is 0 Å². The van der Waals surface area contributed by atoms with Crippen molar-refractivity contribution < 1.29 is 14.3 Å². The summed E-state index contributed by atoms with van der Waals surface area (Å²) in [6.45, 7) is 6.60. The lowest BCUT2D eigenvalue weighted by Crippen LogP contribution is -2.36. The van der Waals surface area contributed by atoms with Gasteiger partial charge in [0.2, 0.25) is 0 Å². The summed E-state index contributed by atoms with van der Waals surface area (Å²) >= 11 is 0. The molecule has 1 aromatic heterocycles. The first-order valence-electron chi connectivity index (χ1n) is 9.40. The number of Topliss-reactive ketones (excluding diaryl/α,β-unsaturated/α-hetero) is 1. The van der Waals surface area contributed by atoms with E-state index in [1.54, 1.807) is 14.2 Å². The Hall–Kier alpha value is -2.79. The third-order valence-corrected chi connectivity index (χ3v) is 5.44. The van der Waals surface area contributed by atoms with Crippen LogP contribution in [0, 0.1) is 13.8 Å². The number of aromatic nitrogens is 1. The first-order chi connectivity index (χ1) is 13.4. The number of ketones is 1. The summed E-state index contributed by atoms with van der Waals surface area (Å²) in [6.07, 6.45) is 0. The molecule has 0 fully saturated rings. The third kappa shape index (κ3) is 3.62. The van der Waals surface area contributed by atoms with Gasteiger partial charge in [0.25, 0.3) is 0 Å². The molecule has 0 aliphatic carbocycles. The summed E-state index contributed by atoms with van der Waals surface area (Å²) in [5.74, 6) is 1.53. The number of aromatic amines is 1. The standard InChI is InChI=1S/C23H28N2O3/c1-14-11-20(27-5)21(28-6)12-17(14)13-25(4)16(3)23(26)22-15(2)24-19-10-8-7-9-18(19)22/h7-12,16,24H,13H2,1-6H3/t16-/m0/s1. The predicted molar refractivity (Wildman–Crippen MR) is 113 cm³/mol. The number of H-pyrrole nitrogens is 1. The molecule has 0 aliphatic heterocycles. The fourth-order valence-corrected chi connectivity index (χ4v) is 3.60. The molecule has 1 N–H and O–H groups in total. The van der Waals surface area contributed by atoms with Crippen LogP contribution in [0.25, 0.3) is 10.9 Å². The van der Waals surface area contributed by atoms with Crippen molar-refractivity contribution in [3.05, 3.63) is 58.8 Å². The van der Waals surface area contributed by atoms with Crippen molar-refractivity contribution in [2.24, 2.45) is 0 Å². The van der Waals surface area contributed by atoms with Gasteiger partial charge in [-0.3, -0.25) is 9.69 Å². The predicted octanol–water partition coefficient (Wildman–Crippen LogP) is 4.51. The Kier molecular flexibility index (Phi) is 5.75. The number of fused-ring (bicyclic) bond motifs is 1. The topological polar surface area (TPSA) is 54.6 Å². The highest BCUT2D eigenvalue weighted by molar-refractivity contribution is 6.11. The van der Waals surface area contributed by atoms with E-state index in [2.05, 4.69) is 9.88 Å². The summed E-state index contributed by atoms with van der Waals surface area (Å²) in [6, 6.07) is 11.6. The molecule has 1 heterocycles. The van der Waals surface area contributed by atoms with Gasteiger partial charge in [0, 0.05) is 28.7 Å². The molecule has 0 aliphatic rings. The molecule has 3 rings (SSSR count). The van der Waals surface area contributed by atoms with Crippen LogP contribution >= 0.6 is 0 Å². The van der Waals surface area contributed by atoms with Gasteiger partial charge in [0.1, 0.15) is 0 Å². The van der Waals surface area contributed by atoms with Crippen LogP contribution < -0.4 is 9.47 Å². The Morgan fingerprint density at radius 2 is 1.75 bits per heavy atom. The van der Waals surface area contributed by atoms with Gasteiger partial charge in [-0.25, -0.2) is 0 Å². The fourth-order valence-electron chi connectivity index (χ4n) is 3.60. The molecule has 0 unspecified atom stereocenters. The summed E-state index contributed by atoms with van der Waals surface area (Å²) in [4.78, 5) is 18.7. The van der Waals surface area contributed by atoms with Gasteiger partial charge >= 0.3 is 0 Å². The molecule has 0 radical (unpaired) electrons. The second-order valence-corrected chi connectivity index (χ2v) is 7.26. The molecule has 0 saturated carbocycles. The third-order valence-electron chi connectivity index (χ3n) is 5.44. The van der Waals surface area contributed by atoms with E-state index in [0.29, 0.717) is 18.0 Å². The van der Waals surface area contributed by atoms with Crippen molar-refractivity contribution in [3.8, 4) is 11.5 Å². The number of carbonyl (C=O) groups is 1. The van der Waals surface area contributed by atoms with Gasteiger partial charge in [0.15, 0.2) is 17.3 Å². The minimum atomic E-state index is -0.259. The number of methoxy groups -OCH3 is 2. The Morgan fingerprint density at radius 3 is 2.43 bits per heavy atom. The maximum Gasteiger partial charge on any atom is 0.182 e. The second kappa shape index (κ2) is 8.07. The maximum absolute atomic E-state index is 13.3. The number of rotatable bonds is 7. The molecule has 5 heteroatoms. The van der Waals surface area contributed by atoms with Crippen molar-refractivity contribution in [1.29, 1.82) is 0 Å². The number of benzene rings is 2. The van der Waals surface area contributed by atoms with E-state index in [-0.39, 0.29) is 11.8 Å². The van der Waals surface area contributed by atoms with Crippen molar-refractivity contribution in [1.82, 2.24) is 9.88 Å². The number of ether oxygens (including phenoxy) is 2. The summed E-state index contributed by atoms with van der Waals surface area (Å²) in [7, 11) is 5.24. The van der Waals surface area contributed by atoms with Crippen LogP contribution in [0.5, 0.6) is 11.5 Å². The number of para-hydroxylation sites is 1. The molecular weight excluding hydrogens is 352 g/mol. The van der Waals surface area contributed by atoms with E-state index in [9.17, 15) is 4.79 Å². The number of aryl methyl sites for hydroxylation is 2. The van der Waals surface area contributed by atoms with Crippen LogP contribution in [0.3, 0.4) is 0 Å². The molecule has 3 aromatic rings. The smallest absolute Gasteiger partial charge is 0.182 e. The van der Waals surface area contributed by atoms with E-state index >= 15 is 0 Å². The van der Waals surface area contributed by atoms with Crippen LogP contribution in [0.4, 0.5) is 0 Å². The lowest BCUT2D eigenvalue weighted by Gasteiger charge is -2.25. The molecule has 2 aromatic carbocycles. The molecule has 5 nitrogen and oxygen atoms in total. The van der Waals surface area contributed by atoms with Crippen LogP contribution in [0.15, 0.2) is 36.4 Å². The Labute approximate surface area is 166 Å². The molecular formula is C23H28N2O3. The average molecular weight is 380 g/mol. The molecule has 0 saturated heterocycles. The highest BCUT2D eigenvalue weighted by Crippen LogP contribution is 2.31. The van der Waals surface area contributed by atoms with Crippen molar-refractivity contribution in [2.75, 3.05) is 21.3 Å². The highest BCUT2D eigenvalue weighted by atomic mass is 16.5. The second-order valence-electron chi connectivity index (χ2n) is 7.26. The van der Waals surface area contributed by atoms with Crippen LogP contribution in [-0.4, -0.2) is 43.0 Å². The minimum Gasteiger partial charge on any atom is -0.493 e. The van der Waals surface area contributed by atoms with Gasteiger partial charge in [-0.1, -0.05) is 18.2 Å². The van der Waals surface area contributed by atoms with E-state index in [1.807, 2.05) is 64.2 Å². The monoisotopic (exact) mass is 380 g/mol. The summed E-state index contributed by atoms with van der Waals surface area (Å²) in [5.41, 5.74) is 4.89. The molecule has 0 spiro atoms. The SMILES string of the molecule is COc1cc(C)c(CN(C)[C@@H](C)C(=O)c2c(C)[nH]c3ccccc23)cc1OC. The number of hydrogen-bond donors (Lipinski definition) is 1. The minimum absolute atomic E-state index is 0.121. The lowest BCUT2D eigenvalue weighted by molar-refractivity contribution is 0.0863. The number of carbonyl (C=O) groups excluding carboxylic acids is 1. The van der Waals surface area contributed by atoms with Gasteiger partial charge < -0.3 is 14.5 Å².